The second-order valence-corrected chi connectivity index (χ2v) is 5.35. The number of nitrogens with zero attached hydrogens (tertiary/aromatic N) is 6. The van der Waals surface area contributed by atoms with Crippen molar-refractivity contribution in [3.05, 3.63) is 35.8 Å². The SMILES string of the molecule is Cn1nnnc1SCC(O)=C(C#N)c1nc2ccccc2[nH]1. The van der Waals surface area contributed by atoms with Gasteiger partial charge < -0.3 is 10.1 Å². The first kappa shape index (κ1) is 14.1. The van der Waals surface area contributed by atoms with Crippen molar-refractivity contribution in [2.45, 2.75) is 5.16 Å². The summed E-state index contributed by atoms with van der Waals surface area (Å²) < 4.78 is 1.49. The highest BCUT2D eigenvalue weighted by atomic mass is 32.2. The lowest BCUT2D eigenvalue weighted by Gasteiger charge is -2.01. The molecule has 0 fully saturated rings. The molecule has 2 aromatic heterocycles. The predicted octanol–water partition coefficient (Wildman–Crippen LogP) is 1.67. The number of fused-ring (bicyclic) bond motifs is 1. The lowest BCUT2D eigenvalue weighted by molar-refractivity contribution is 0.420. The lowest BCUT2D eigenvalue weighted by atomic mass is 10.2. The topological polar surface area (TPSA) is 116 Å². The van der Waals surface area contributed by atoms with Crippen LogP contribution in [0.3, 0.4) is 0 Å². The van der Waals surface area contributed by atoms with Gasteiger partial charge in [-0.2, -0.15) is 5.26 Å². The van der Waals surface area contributed by atoms with Crippen LogP contribution in [0.1, 0.15) is 5.82 Å². The van der Waals surface area contributed by atoms with E-state index < -0.39 is 0 Å². The normalized spacial score (nSPS) is 12.2. The summed E-state index contributed by atoms with van der Waals surface area (Å²) >= 11 is 1.23. The minimum Gasteiger partial charge on any atom is -0.510 e. The number of thioether (sulfide) groups is 1. The van der Waals surface area contributed by atoms with E-state index in [0.717, 1.165) is 11.0 Å². The van der Waals surface area contributed by atoms with Gasteiger partial charge in [0, 0.05) is 7.05 Å². The molecule has 0 saturated carbocycles. The molecule has 2 N–H and O–H groups in total. The molecule has 3 aromatic rings. The number of nitriles is 1. The number of aromatic nitrogens is 6. The largest absolute Gasteiger partial charge is 0.510 e. The summed E-state index contributed by atoms with van der Waals surface area (Å²) in [6.07, 6.45) is 0. The van der Waals surface area contributed by atoms with Gasteiger partial charge in [0.2, 0.25) is 5.16 Å². The Bertz CT molecular complexity index is 856. The van der Waals surface area contributed by atoms with Gasteiger partial charge in [0.05, 0.1) is 16.8 Å². The summed E-state index contributed by atoms with van der Waals surface area (Å²) in [6.45, 7) is 0. The number of hydrogen-bond donors (Lipinski definition) is 2. The highest BCUT2D eigenvalue weighted by Gasteiger charge is 2.14. The first-order valence-electron chi connectivity index (χ1n) is 6.31. The number of aliphatic hydroxyl groups excluding tert-OH is 1. The van der Waals surface area contributed by atoms with Gasteiger partial charge in [-0.3, -0.25) is 0 Å². The molecule has 0 aliphatic rings. The average molecular weight is 313 g/mol. The number of H-pyrrole nitrogens is 1. The molecule has 0 amide bonds. The number of rotatable bonds is 4. The third kappa shape index (κ3) is 2.64. The fraction of sp³-hybridized carbons (Fsp3) is 0.154. The Morgan fingerprint density at radius 1 is 1.45 bits per heavy atom. The quantitative estimate of drug-likeness (QED) is 0.427. The molecule has 110 valence electrons. The van der Waals surface area contributed by atoms with Gasteiger partial charge in [-0.15, -0.1) is 5.10 Å². The van der Waals surface area contributed by atoms with Crippen molar-refractivity contribution < 1.29 is 5.11 Å². The summed E-state index contributed by atoms with van der Waals surface area (Å²) in [6, 6.07) is 9.41. The maximum absolute atomic E-state index is 10.2. The summed E-state index contributed by atoms with van der Waals surface area (Å²) in [5.41, 5.74) is 1.66. The first-order valence-corrected chi connectivity index (χ1v) is 7.30. The van der Waals surface area contributed by atoms with Crippen LogP contribution in [0.5, 0.6) is 0 Å². The van der Waals surface area contributed by atoms with Crippen molar-refractivity contribution >= 4 is 28.4 Å². The third-order valence-electron chi connectivity index (χ3n) is 2.95. The van der Waals surface area contributed by atoms with E-state index in [0.29, 0.717) is 11.0 Å². The van der Waals surface area contributed by atoms with Gasteiger partial charge >= 0.3 is 0 Å². The Hall–Kier alpha value is -2.86. The predicted molar refractivity (Wildman–Crippen MR) is 80.8 cm³/mol. The van der Waals surface area contributed by atoms with Crippen LogP contribution in [0.2, 0.25) is 0 Å². The molecule has 0 unspecified atom stereocenters. The zero-order valence-corrected chi connectivity index (χ0v) is 12.4. The smallest absolute Gasteiger partial charge is 0.209 e. The van der Waals surface area contributed by atoms with Crippen LogP contribution in [0.15, 0.2) is 35.2 Å². The molecular weight excluding hydrogens is 302 g/mol. The van der Waals surface area contributed by atoms with Crippen LogP contribution in [0.4, 0.5) is 0 Å². The molecule has 0 aliphatic heterocycles. The second kappa shape index (κ2) is 5.87. The van der Waals surface area contributed by atoms with Gasteiger partial charge in [0.15, 0.2) is 5.82 Å². The van der Waals surface area contributed by atoms with Gasteiger partial charge in [-0.25, -0.2) is 9.67 Å². The monoisotopic (exact) mass is 313 g/mol. The number of para-hydroxylation sites is 2. The number of benzene rings is 1. The van der Waals surface area contributed by atoms with E-state index in [-0.39, 0.29) is 17.1 Å². The third-order valence-corrected chi connectivity index (χ3v) is 3.97. The van der Waals surface area contributed by atoms with Gasteiger partial charge in [-0.1, -0.05) is 23.9 Å². The fourth-order valence-electron chi connectivity index (χ4n) is 1.87. The Balaban J connectivity index is 1.88. The molecule has 22 heavy (non-hydrogen) atoms. The standard InChI is InChI=1S/C13H11N7OS/c1-20-13(17-18-19-20)22-7-11(21)8(6-14)12-15-9-4-2-3-5-10(9)16-12/h2-5,21H,7H2,1H3,(H,15,16). The maximum atomic E-state index is 10.2. The molecule has 8 nitrogen and oxygen atoms in total. The van der Waals surface area contributed by atoms with Crippen molar-refractivity contribution in [3.8, 4) is 6.07 Å². The van der Waals surface area contributed by atoms with Gasteiger partial charge in [-0.05, 0) is 22.6 Å². The Kier molecular flexibility index (Phi) is 3.76. The summed E-state index contributed by atoms with van der Waals surface area (Å²) in [5.74, 6) is 0.446. The van der Waals surface area contributed by atoms with E-state index >= 15 is 0 Å². The van der Waals surface area contributed by atoms with E-state index in [4.69, 9.17) is 0 Å². The molecular formula is C13H11N7OS. The minimum atomic E-state index is -0.0745. The maximum Gasteiger partial charge on any atom is 0.209 e. The molecule has 0 spiro atoms. The molecule has 0 saturated heterocycles. The van der Waals surface area contributed by atoms with Gasteiger partial charge in [0.1, 0.15) is 17.4 Å². The van der Waals surface area contributed by atoms with Crippen molar-refractivity contribution in [1.29, 1.82) is 5.26 Å². The molecule has 0 bridgehead atoms. The number of tetrazole rings is 1. The molecule has 0 atom stereocenters. The van der Waals surface area contributed by atoms with E-state index in [9.17, 15) is 10.4 Å². The van der Waals surface area contributed by atoms with Crippen LogP contribution in [0.25, 0.3) is 16.6 Å². The van der Waals surface area contributed by atoms with Crippen LogP contribution in [-0.4, -0.2) is 41.0 Å². The number of allylic oxidation sites excluding steroid dienone is 1. The molecule has 9 heteroatoms. The van der Waals surface area contributed by atoms with Crippen molar-refractivity contribution in [2.24, 2.45) is 7.05 Å². The Morgan fingerprint density at radius 3 is 2.95 bits per heavy atom. The van der Waals surface area contributed by atoms with Crippen molar-refractivity contribution in [1.82, 2.24) is 30.2 Å². The number of nitrogens with one attached hydrogen (secondary N) is 1. The molecule has 2 heterocycles. The van der Waals surface area contributed by atoms with Crippen LogP contribution >= 0.6 is 11.8 Å². The average Bonchev–Trinajstić information content (AvgIpc) is 3.11. The van der Waals surface area contributed by atoms with E-state index in [2.05, 4.69) is 25.5 Å². The van der Waals surface area contributed by atoms with E-state index in [1.54, 1.807) is 7.05 Å². The molecule has 3 rings (SSSR count). The second-order valence-electron chi connectivity index (χ2n) is 4.41. The van der Waals surface area contributed by atoms with E-state index in [1.165, 1.54) is 16.4 Å². The molecule has 0 radical (unpaired) electrons. The number of aromatic amines is 1. The molecule has 0 aliphatic carbocycles. The Labute approximate surface area is 129 Å². The summed E-state index contributed by atoms with van der Waals surface area (Å²) in [7, 11) is 1.70. The fourth-order valence-corrected chi connectivity index (χ4v) is 2.60. The lowest BCUT2D eigenvalue weighted by Crippen LogP contribution is -1.98. The summed E-state index contributed by atoms with van der Waals surface area (Å²) in [4.78, 5) is 7.34. The minimum absolute atomic E-state index is 0.0745. The van der Waals surface area contributed by atoms with Crippen LogP contribution < -0.4 is 0 Å². The highest BCUT2D eigenvalue weighted by Crippen LogP contribution is 2.22. The van der Waals surface area contributed by atoms with Gasteiger partial charge in [0.25, 0.3) is 0 Å². The van der Waals surface area contributed by atoms with E-state index in [1.807, 2.05) is 30.3 Å². The Morgan fingerprint density at radius 2 is 2.27 bits per heavy atom. The van der Waals surface area contributed by atoms with Crippen molar-refractivity contribution in [2.75, 3.05) is 5.75 Å². The van der Waals surface area contributed by atoms with Crippen molar-refractivity contribution in [3.63, 3.8) is 0 Å². The van der Waals surface area contributed by atoms with Crippen LogP contribution in [-0.2, 0) is 7.05 Å². The highest BCUT2D eigenvalue weighted by molar-refractivity contribution is 7.99. The number of aryl methyl sites for hydroxylation is 1. The first-order chi connectivity index (χ1) is 10.7. The number of aliphatic hydroxyl groups is 1. The summed E-state index contributed by atoms with van der Waals surface area (Å²) in [5, 5.41) is 31.0. The number of hydrogen-bond acceptors (Lipinski definition) is 7. The zero-order valence-electron chi connectivity index (χ0n) is 11.6. The number of imidazole rings is 1. The molecule has 1 aromatic carbocycles. The zero-order chi connectivity index (χ0) is 15.5. The van der Waals surface area contributed by atoms with Crippen LogP contribution in [0, 0.1) is 11.3 Å².